The van der Waals surface area contributed by atoms with Crippen LogP contribution in [-0.2, 0) is 11.2 Å². The van der Waals surface area contributed by atoms with Gasteiger partial charge in [-0.1, -0.05) is 24.3 Å². The van der Waals surface area contributed by atoms with Gasteiger partial charge >= 0.3 is 0 Å². The number of hydrogen-bond donors (Lipinski definition) is 1. The zero-order chi connectivity index (χ0) is 15.5. The molecule has 1 N–H and O–H groups in total. The molecule has 1 atom stereocenters. The molecule has 116 valence electrons. The number of pyridine rings is 1. The fourth-order valence-corrected chi connectivity index (χ4v) is 3.40. The van der Waals surface area contributed by atoms with E-state index in [2.05, 4.69) is 27.4 Å². The highest BCUT2D eigenvalue weighted by atomic mass is 32.1. The first-order valence-corrected chi connectivity index (χ1v) is 8.32. The maximum absolute atomic E-state index is 11.7. The molecule has 2 aromatic heterocycles. The van der Waals surface area contributed by atoms with Crippen molar-refractivity contribution in [3.63, 3.8) is 0 Å². The second kappa shape index (κ2) is 6.39. The molecule has 3 heterocycles. The van der Waals surface area contributed by atoms with Crippen molar-refractivity contribution < 1.29 is 4.79 Å². The Morgan fingerprint density at radius 2 is 2.32 bits per heavy atom. The highest BCUT2D eigenvalue weighted by Gasteiger charge is 2.28. The van der Waals surface area contributed by atoms with Gasteiger partial charge in [-0.05, 0) is 31.4 Å². The van der Waals surface area contributed by atoms with Crippen molar-refractivity contribution in [2.75, 3.05) is 11.9 Å². The minimum Gasteiger partial charge on any atom is -0.334 e. The normalized spacial score (nSPS) is 17.7. The summed E-state index contributed by atoms with van der Waals surface area (Å²) in [7, 11) is 0. The van der Waals surface area contributed by atoms with Crippen LogP contribution in [-0.4, -0.2) is 32.5 Å². The Labute approximate surface area is 133 Å². The largest absolute Gasteiger partial charge is 0.334 e. The molecule has 22 heavy (non-hydrogen) atoms. The number of carbonyl (C=O) groups is 1. The molecule has 0 unspecified atom stereocenters. The Balaban J connectivity index is 1.79. The summed E-state index contributed by atoms with van der Waals surface area (Å²) >= 11 is 1.53. The fourth-order valence-electron chi connectivity index (χ4n) is 2.71. The van der Waals surface area contributed by atoms with Gasteiger partial charge < -0.3 is 10.2 Å². The maximum atomic E-state index is 11.7. The van der Waals surface area contributed by atoms with Crippen molar-refractivity contribution in [3.8, 4) is 0 Å². The summed E-state index contributed by atoms with van der Waals surface area (Å²) in [6, 6.07) is 5.93. The SMILES string of the molecule is CCc1nnc(Nc2cccc([C@@H]3CCCN3C(C)=O)n2)s1. The Morgan fingerprint density at radius 1 is 1.45 bits per heavy atom. The molecule has 1 saturated heterocycles. The Morgan fingerprint density at radius 3 is 3.05 bits per heavy atom. The van der Waals surface area contributed by atoms with Crippen molar-refractivity contribution in [2.24, 2.45) is 0 Å². The zero-order valence-electron chi connectivity index (χ0n) is 12.7. The number of rotatable bonds is 4. The minimum absolute atomic E-state index is 0.0832. The van der Waals surface area contributed by atoms with Gasteiger partial charge in [-0.3, -0.25) is 4.79 Å². The molecule has 3 rings (SSSR count). The Kier molecular flexibility index (Phi) is 4.33. The van der Waals surface area contributed by atoms with E-state index in [0.29, 0.717) is 0 Å². The smallest absolute Gasteiger partial charge is 0.220 e. The molecule has 0 spiro atoms. The van der Waals surface area contributed by atoms with Gasteiger partial charge in [-0.2, -0.15) is 0 Å². The quantitative estimate of drug-likeness (QED) is 0.939. The summed E-state index contributed by atoms with van der Waals surface area (Å²) in [5.41, 5.74) is 0.929. The second-order valence-corrected chi connectivity index (χ2v) is 6.36. The van der Waals surface area contributed by atoms with Gasteiger partial charge in [0.25, 0.3) is 0 Å². The van der Waals surface area contributed by atoms with Gasteiger partial charge in [-0.15, -0.1) is 10.2 Å². The third-order valence-corrected chi connectivity index (χ3v) is 4.76. The van der Waals surface area contributed by atoms with E-state index in [9.17, 15) is 4.79 Å². The minimum atomic E-state index is 0.0832. The van der Waals surface area contributed by atoms with Gasteiger partial charge in [-0.25, -0.2) is 4.98 Å². The van der Waals surface area contributed by atoms with Crippen LogP contribution in [0.25, 0.3) is 0 Å². The first kappa shape index (κ1) is 14.9. The molecule has 0 aromatic carbocycles. The highest BCUT2D eigenvalue weighted by Crippen LogP contribution is 2.31. The van der Waals surface area contributed by atoms with E-state index in [1.807, 2.05) is 23.1 Å². The molecule has 0 radical (unpaired) electrons. The van der Waals surface area contributed by atoms with Crippen LogP contribution >= 0.6 is 11.3 Å². The summed E-state index contributed by atoms with van der Waals surface area (Å²) in [6.45, 7) is 4.49. The fraction of sp³-hybridized carbons (Fsp3) is 0.467. The van der Waals surface area contributed by atoms with Crippen LogP contribution in [0.5, 0.6) is 0 Å². The number of aromatic nitrogens is 3. The molecule has 2 aromatic rings. The van der Waals surface area contributed by atoms with Gasteiger partial charge in [0.2, 0.25) is 11.0 Å². The number of nitrogens with one attached hydrogen (secondary N) is 1. The number of amides is 1. The lowest BCUT2D eigenvalue weighted by Crippen LogP contribution is -2.28. The zero-order valence-corrected chi connectivity index (χ0v) is 13.6. The Bertz CT molecular complexity index is 671. The standard InChI is InChI=1S/C15H19N5OS/c1-3-14-18-19-15(22-14)17-13-8-4-6-11(16-13)12-7-5-9-20(12)10(2)21/h4,6,8,12H,3,5,7,9H2,1-2H3,(H,16,17,19)/t12-/m0/s1. The average molecular weight is 317 g/mol. The number of nitrogens with zero attached hydrogens (tertiary/aromatic N) is 4. The molecule has 7 heteroatoms. The van der Waals surface area contributed by atoms with Gasteiger partial charge in [0.1, 0.15) is 10.8 Å². The van der Waals surface area contributed by atoms with Crippen molar-refractivity contribution >= 4 is 28.2 Å². The molecule has 0 aliphatic carbocycles. The van der Waals surface area contributed by atoms with Crippen molar-refractivity contribution in [2.45, 2.75) is 39.2 Å². The van der Waals surface area contributed by atoms with E-state index in [-0.39, 0.29) is 11.9 Å². The molecule has 1 aliphatic heterocycles. The van der Waals surface area contributed by atoms with E-state index in [1.54, 1.807) is 6.92 Å². The topological polar surface area (TPSA) is 71.0 Å². The van der Waals surface area contributed by atoms with Gasteiger partial charge in [0.15, 0.2) is 0 Å². The lowest BCUT2D eigenvalue weighted by molar-refractivity contribution is -0.129. The van der Waals surface area contributed by atoms with Crippen LogP contribution in [0.3, 0.4) is 0 Å². The molecule has 1 amide bonds. The summed E-state index contributed by atoms with van der Waals surface area (Å²) < 4.78 is 0. The van der Waals surface area contributed by atoms with Crippen molar-refractivity contribution in [1.82, 2.24) is 20.1 Å². The molecule has 6 nitrogen and oxygen atoms in total. The number of anilines is 2. The summed E-state index contributed by atoms with van der Waals surface area (Å²) in [5, 5.41) is 13.1. The molecule has 1 fully saturated rings. The van der Waals surface area contributed by atoms with Crippen molar-refractivity contribution in [3.05, 3.63) is 28.9 Å². The van der Waals surface area contributed by atoms with Crippen LogP contribution in [0.1, 0.15) is 43.4 Å². The van der Waals surface area contributed by atoms with Gasteiger partial charge in [0.05, 0.1) is 11.7 Å². The van der Waals surface area contributed by atoms with Crippen molar-refractivity contribution in [1.29, 1.82) is 0 Å². The van der Waals surface area contributed by atoms with E-state index in [1.165, 1.54) is 11.3 Å². The molecular weight excluding hydrogens is 298 g/mol. The second-order valence-electron chi connectivity index (χ2n) is 5.30. The predicted octanol–water partition coefficient (Wildman–Crippen LogP) is 2.92. The van der Waals surface area contributed by atoms with Crippen LogP contribution in [0.2, 0.25) is 0 Å². The lowest BCUT2D eigenvalue weighted by Gasteiger charge is -2.23. The van der Waals surface area contributed by atoms with E-state index in [4.69, 9.17) is 0 Å². The average Bonchev–Trinajstić information content (AvgIpc) is 3.16. The number of aryl methyl sites for hydroxylation is 1. The monoisotopic (exact) mass is 317 g/mol. The third-order valence-electron chi connectivity index (χ3n) is 3.77. The maximum Gasteiger partial charge on any atom is 0.220 e. The van der Waals surface area contributed by atoms with Crippen LogP contribution in [0, 0.1) is 0 Å². The summed E-state index contributed by atoms with van der Waals surface area (Å²) in [4.78, 5) is 18.3. The third kappa shape index (κ3) is 3.09. The van der Waals surface area contributed by atoms with Crippen LogP contribution in [0.15, 0.2) is 18.2 Å². The summed E-state index contributed by atoms with van der Waals surface area (Å²) in [5.74, 6) is 0.853. The predicted molar refractivity (Wildman–Crippen MR) is 86.2 cm³/mol. The first-order valence-electron chi connectivity index (χ1n) is 7.51. The molecule has 1 aliphatic rings. The van der Waals surface area contributed by atoms with E-state index < -0.39 is 0 Å². The van der Waals surface area contributed by atoms with Crippen LogP contribution < -0.4 is 5.32 Å². The highest BCUT2D eigenvalue weighted by molar-refractivity contribution is 7.15. The lowest BCUT2D eigenvalue weighted by atomic mass is 10.1. The van der Waals surface area contributed by atoms with E-state index >= 15 is 0 Å². The number of carbonyl (C=O) groups excluding carboxylic acids is 1. The van der Waals surface area contributed by atoms with E-state index in [0.717, 1.165) is 47.5 Å². The Hall–Kier alpha value is -2.02. The summed E-state index contributed by atoms with van der Waals surface area (Å²) in [6.07, 6.45) is 2.87. The number of likely N-dealkylation sites (tertiary alicyclic amines) is 1. The molecule has 0 bridgehead atoms. The first-order chi connectivity index (χ1) is 10.7. The molecule has 0 saturated carbocycles. The number of hydrogen-bond acceptors (Lipinski definition) is 6. The van der Waals surface area contributed by atoms with Crippen LogP contribution in [0.4, 0.5) is 10.9 Å². The van der Waals surface area contributed by atoms with Gasteiger partial charge in [0, 0.05) is 13.5 Å². The molecular formula is C15H19N5OS.